The number of thiophene rings is 1. The van der Waals surface area contributed by atoms with Gasteiger partial charge in [0.1, 0.15) is 5.69 Å². The fraction of sp³-hybridized carbons (Fsp3) is 0.286. The molecule has 0 fully saturated rings. The molecular formula is C14H16BrN3OS. The van der Waals surface area contributed by atoms with Gasteiger partial charge in [-0.25, -0.2) is 4.98 Å². The maximum absolute atomic E-state index is 12.0. The molecule has 0 aliphatic rings. The molecule has 0 saturated heterocycles. The van der Waals surface area contributed by atoms with Crippen molar-refractivity contribution < 1.29 is 4.79 Å². The molecule has 4 nitrogen and oxygen atoms in total. The fourth-order valence-corrected chi connectivity index (χ4v) is 3.04. The number of anilines is 1. The minimum Gasteiger partial charge on any atom is -0.384 e. The van der Waals surface area contributed by atoms with Crippen LogP contribution in [0.25, 0.3) is 0 Å². The molecule has 2 heterocycles. The number of pyridine rings is 1. The van der Waals surface area contributed by atoms with Gasteiger partial charge < -0.3 is 10.6 Å². The Morgan fingerprint density at radius 3 is 2.85 bits per heavy atom. The van der Waals surface area contributed by atoms with Gasteiger partial charge in [-0.3, -0.25) is 4.79 Å². The third-order valence-electron chi connectivity index (χ3n) is 2.68. The second kappa shape index (κ2) is 7.40. The van der Waals surface area contributed by atoms with Gasteiger partial charge in [0.05, 0.1) is 18.4 Å². The highest BCUT2D eigenvalue weighted by Crippen LogP contribution is 2.22. The van der Waals surface area contributed by atoms with Crippen LogP contribution in [0.2, 0.25) is 0 Å². The van der Waals surface area contributed by atoms with Crippen LogP contribution in [0.3, 0.4) is 0 Å². The number of aromatic nitrogens is 1. The van der Waals surface area contributed by atoms with Crippen LogP contribution in [0.5, 0.6) is 0 Å². The molecule has 2 rings (SSSR count). The molecule has 0 spiro atoms. The molecule has 2 aromatic rings. The molecule has 0 atom stereocenters. The minimum atomic E-state index is -0.160. The van der Waals surface area contributed by atoms with E-state index in [0.29, 0.717) is 12.2 Å². The van der Waals surface area contributed by atoms with Crippen LogP contribution < -0.4 is 10.6 Å². The Morgan fingerprint density at radius 1 is 1.40 bits per heavy atom. The summed E-state index contributed by atoms with van der Waals surface area (Å²) in [6, 6.07) is 5.58. The van der Waals surface area contributed by atoms with Crippen molar-refractivity contribution in [2.45, 2.75) is 19.9 Å². The molecule has 2 aromatic heterocycles. The molecule has 1 amide bonds. The average Bonchev–Trinajstić information content (AvgIpc) is 2.88. The zero-order valence-electron chi connectivity index (χ0n) is 11.1. The number of nitrogens with zero attached hydrogens (tertiary/aromatic N) is 1. The van der Waals surface area contributed by atoms with E-state index in [1.54, 1.807) is 23.6 Å². The highest BCUT2D eigenvalue weighted by Gasteiger charge is 2.08. The van der Waals surface area contributed by atoms with E-state index >= 15 is 0 Å². The first-order chi connectivity index (χ1) is 9.70. The maximum atomic E-state index is 12.0. The Bertz CT molecular complexity index is 568. The monoisotopic (exact) mass is 353 g/mol. The summed E-state index contributed by atoms with van der Waals surface area (Å²) in [4.78, 5) is 17.2. The lowest BCUT2D eigenvalue weighted by Crippen LogP contribution is -2.23. The van der Waals surface area contributed by atoms with E-state index in [2.05, 4.69) is 38.5 Å². The largest absolute Gasteiger partial charge is 0.384 e. The van der Waals surface area contributed by atoms with Crippen molar-refractivity contribution in [3.05, 3.63) is 44.8 Å². The van der Waals surface area contributed by atoms with Crippen molar-refractivity contribution >= 4 is 38.9 Å². The van der Waals surface area contributed by atoms with E-state index in [9.17, 15) is 4.79 Å². The lowest BCUT2D eigenvalue weighted by Gasteiger charge is -2.06. The summed E-state index contributed by atoms with van der Waals surface area (Å²) in [6.45, 7) is 3.51. The molecule has 0 aromatic carbocycles. The van der Waals surface area contributed by atoms with Gasteiger partial charge in [0, 0.05) is 15.9 Å². The van der Waals surface area contributed by atoms with Gasteiger partial charge in [0.15, 0.2) is 0 Å². The van der Waals surface area contributed by atoms with Gasteiger partial charge in [-0.1, -0.05) is 6.92 Å². The zero-order chi connectivity index (χ0) is 14.4. The van der Waals surface area contributed by atoms with Crippen LogP contribution >= 0.6 is 27.3 Å². The van der Waals surface area contributed by atoms with Crippen molar-refractivity contribution in [3.63, 3.8) is 0 Å². The zero-order valence-corrected chi connectivity index (χ0v) is 13.6. The number of nitrogens with one attached hydrogen (secondary N) is 2. The van der Waals surface area contributed by atoms with Crippen LogP contribution in [0, 0.1) is 0 Å². The summed E-state index contributed by atoms with van der Waals surface area (Å²) in [5.41, 5.74) is 1.36. The number of hydrogen-bond acceptors (Lipinski definition) is 4. The molecule has 0 radical (unpaired) electrons. The topological polar surface area (TPSA) is 54.0 Å². The average molecular weight is 354 g/mol. The van der Waals surface area contributed by atoms with Gasteiger partial charge in [-0.15, -0.1) is 11.3 Å². The first-order valence-electron chi connectivity index (χ1n) is 6.40. The lowest BCUT2D eigenvalue weighted by atomic mass is 10.3. The van der Waals surface area contributed by atoms with Crippen LogP contribution in [0.15, 0.2) is 34.2 Å². The Morgan fingerprint density at radius 2 is 2.25 bits per heavy atom. The molecule has 2 N–H and O–H groups in total. The van der Waals surface area contributed by atoms with Crippen molar-refractivity contribution in [1.82, 2.24) is 10.3 Å². The fourth-order valence-electron chi connectivity index (χ4n) is 1.60. The molecule has 106 valence electrons. The summed E-state index contributed by atoms with van der Waals surface area (Å²) < 4.78 is 1.02. The van der Waals surface area contributed by atoms with Crippen LogP contribution in [-0.2, 0) is 6.54 Å². The van der Waals surface area contributed by atoms with E-state index in [0.717, 1.165) is 28.0 Å². The lowest BCUT2D eigenvalue weighted by molar-refractivity contribution is 0.0946. The smallest absolute Gasteiger partial charge is 0.270 e. The molecule has 6 heteroatoms. The predicted octanol–water partition coefficient (Wildman–Crippen LogP) is 3.66. The van der Waals surface area contributed by atoms with Gasteiger partial charge >= 0.3 is 0 Å². The first-order valence-corrected chi connectivity index (χ1v) is 8.08. The van der Waals surface area contributed by atoms with E-state index in [4.69, 9.17) is 0 Å². The maximum Gasteiger partial charge on any atom is 0.270 e. The van der Waals surface area contributed by atoms with Crippen LogP contribution in [0.1, 0.15) is 28.7 Å². The molecule has 0 bridgehead atoms. The Labute approximate surface area is 130 Å². The van der Waals surface area contributed by atoms with Crippen LogP contribution in [0.4, 0.5) is 5.69 Å². The van der Waals surface area contributed by atoms with Crippen molar-refractivity contribution in [3.8, 4) is 0 Å². The Hall–Kier alpha value is -1.40. The number of rotatable bonds is 6. The van der Waals surface area contributed by atoms with E-state index < -0.39 is 0 Å². The van der Waals surface area contributed by atoms with Gasteiger partial charge in [0.25, 0.3) is 5.91 Å². The summed E-state index contributed by atoms with van der Waals surface area (Å²) >= 11 is 5.05. The number of carbonyl (C=O) groups is 1. The minimum absolute atomic E-state index is 0.160. The predicted molar refractivity (Wildman–Crippen MR) is 86.2 cm³/mol. The second-order valence-electron chi connectivity index (χ2n) is 4.23. The number of carbonyl (C=O) groups excluding carboxylic acids is 1. The Kier molecular flexibility index (Phi) is 5.55. The van der Waals surface area contributed by atoms with E-state index in [-0.39, 0.29) is 5.91 Å². The third kappa shape index (κ3) is 4.05. The highest BCUT2D eigenvalue weighted by molar-refractivity contribution is 9.10. The summed E-state index contributed by atoms with van der Waals surface area (Å²) in [5.74, 6) is -0.160. The number of amides is 1. The molecule has 0 saturated carbocycles. The number of hydrogen-bond donors (Lipinski definition) is 2. The SMILES string of the molecule is CCCNc1ccc(C(=O)NCc2sccc2Br)nc1. The molecule has 0 aliphatic heterocycles. The molecule has 0 unspecified atom stereocenters. The van der Waals surface area contributed by atoms with Gasteiger partial charge in [0.2, 0.25) is 0 Å². The molecule has 0 aliphatic carbocycles. The van der Waals surface area contributed by atoms with Crippen molar-refractivity contribution in [2.75, 3.05) is 11.9 Å². The Balaban J connectivity index is 1.90. The van der Waals surface area contributed by atoms with E-state index in [1.807, 2.05) is 17.5 Å². The summed E-state index contributed by atoms with van der Waals surface area (Å²) in [5, 5.41) is 8.07. The first kappa shape index (κ1) is 15.0. The molecular weight excluding hydrogens is 338 g/mol. The van der Waals surface area contributed by atoms with Crippen molar-refractivity contribution in [2.24, 2.45) is 0 Å². The molecule has 20 heavy (non-hydrogen) atoms. The number of halogens is 1. The van der Waals surface area contributed by atoms with Gasteiger partial charge in [-0.2, -0.15) is 0 Å². The summed E-state index contributed by atoms with van der Waals surface area (Å²) in [6.07, 6.45) is 2.74. The van der Waals surface area contributed by atoms with E-state index in [1.165, 1.54) is 0 Å². The highest BCUT2D eigenvalue weighted by atomic mass is 79.9. The van der Waals surface area contributed by atoms with Crippen LogP contribution in [-0.4, -0.2) is 17.4 Å². The second-order valence-corrected chi connectivity index (χ2v) is 6.09. The normalized spacial score (nSPS) is 10.3. The van der Waals surface area contributed by atoms with Crippen molar-refractivity contribution in [1.29, 1.82) is 0 Å². The summed E-state index contributed by atoms with van der Waals surface area (Å²) in [7, 11) is 0. The standard InChI is InChI=1S/C14H16BrN3OS/c1-2-6-16-10-3-4-12(17-8-10)14(19)18-9-13-11(15)5-7-20-13/h3-5,7-8,16H,2,6,9H2,1H3,(H,18,19). The quantitative estimate of drug-likeness (QED) is 0.833. The van der Waals surface area contributed by atoms with Gasteiger partial charge in [-0.05, 0) is 45.9 Å². The third-order valence-corrected chi connectivity index (χ3v) is 4.60.